The number of aryl methyl sites for hydroxylation is 1. The largest absolute Gasteiger partial charge is 0.485 e. The number of hydrogen-bond acceptors (Lipinski definition) is 5. The molecule has 1 N–H and O–H groups in total. The number of nitrogens with zero attached hydrogens (tertiary/aromatic N) is 2. The molecule has 1 aromatic heterocycles. The van der Waals surface area contributed by atoms with Crippen molar-refractivity contribution in [1.29, 1.82) is 0 Å². The summed E-state index contributed by atoms with van der Waals surface area (Å²) < 4.78 is 10.3. The Labute approximate surface area is 99.0 Å². The Bertz CT molecular complexity index is 477. The van der Waals surface area contributed by atoms with Crippen LogP contribution >= 0.6 is 0 Å². The second-order valence-corrected chi connectivity index (χ2v) is 3.76. The summed E-state index contributed by atoms with van der Waals surface area (Å²) in [6, 6.07) is 7.24. The van der Waals surface area contributed by atoms with Crippen molar-refractivity contribution < 1.29 is 14.4 Å². The first-order valence-corrected chi connectivity index (χ1v) is 5.35. The van der Waals surface area contributed by atoms with Crippen LogP contribution in [0.4, 0.5) is 0 Å². The highest BCUT2D eigenvalue weighted by Gasteiger charge is 2.04. The van der Waals surface area contributed by atoms with E-state index in [1.807, 2.05) is 12.1 Å². The Morgan fingerprint density at radius 3 is 2.59 bits per heavy atom. The second-order valence-electron chi connectivity index (χ2n) is 3.76. The summed E-state index contributed by atoms with van der Waals surface area (Å²) in [5.74, 6) is 1.74. The van der Waals surface area contributed by atoms with Crippen molar-refractivity contribution in [2.45, 2.75) is 26.6 Å². The number of rotatable bonds is 4. The Balaban J connectivity index is 1.95. The van der Waals surface area contributed by atoms with E-state index in [1.165, 1.54) is 0 Å². The molecule has 5 heteroatoms. The summed E-state index contributed by atoms with van der Waals surface area (Å²) in [4.78, 5) is 4.03. The zero-order chi connectivity index (χ0) is 12.3. The quantitative estimate of drug-likeness (QED) is 0.876. The molecule has 1 aromatic carbocycles. The summed E-state index contributed by atoms with van der Waals surface area (Å²) >= 11 is 0. The maximum atomic E-state index is 9.35. The van der Waals surface area contributed by atoms with Crippen LogP contribution in [0.5, 0.6) is 5.75 Å². The second kappa shape index (κ2) is 4.97. The van der Waals surface area contributed by atoms with Crippen molar-refractivity contribution >= 4 is 0 Å². The third-order valence-electron chi connectivity index (χ3n) is 2.30. The first kappa shape index (κ1) is 11.6. The van der Waals surface area contributed by atoms with Crippen LogP contribution in [-0.4, -0.2) is 15.2 Å². The number of aliphatic hydroxyl groups is 1. The zero-order valence-electron chi connectivity index (χ0n) is 9.75. The van der Waals surface area contributed by atoms with E-state index in [0.717, 1.165) is 5.56 Å². The molecule has 0 amide bonds. The van der Waals surface area contributed by atoms with Gasteiger partial charge in [0.15, 0.2) is 6.61 Å². The van der Waals surface area contributed by atoms with E-state index in [9.17, 15) is 5.11 Å². The topological polar surface area (TPSA) is 68.4 Å². The summed E-state index contributed by atoms with van der Waals surface area (Å²) in [5.41, 5.74) is 0.854. The van der Waals surface area contributed by atoms with Gasteiger partial charge in [-0.2, -0.15) is 4.98 Å². The minimum Gasteiger partial charge on any atom is -0.485 e. The third kappa shape index (κ3) is 3.04. The molecule has 0 aliphatic heterocycles. The van der Waals surface area contributed by atoms with E-state index in [-0.39, 0.29) is 6.61 Å². The Morgan fingerprint density at radius 2 is 2.06 bits per heavy atom. The van der Waals surface area contributed by atoms with Gasteiger partial charge in [0.05, 0.1) is 6.10 Å². The molecule has 0 aliphatic rings. The number of aliphatic hydroxyl groups excluding tert-OH is 1. The van der Waals surface area contributed by atoms with Crippen LogP contribution in [0.15, 0.2) is 28.8 Å². The maximum Gasteiger partial charge on any atom is 0.223 e. The predicted molar refractivity (Wildman–Crippen MR) is 60.4 cm³/mol. The lowest BCUT2D eigenvalue weighted by atomic mass is 10.1. The molecule has 0 saturated carbocycles. The molecule has 0 saturated heterocycles. The summed E-state index contributed by atoms with van der Waals surface area (Å²) in [6.45, 7) is 3.72. The molecule has 0 aliphatic carbocycles. The highest BCUT2D eigenvalue weighted by molar-refractivity contribution is 5.28. The van der Waals surface area contributed by atoms with Crippen molar-refractivity contribution in [3.63, 3.8) is 0 Å². The molecule has 5 nitrogen and oxygen atoms in total. The standard InChI is InChI=1S/C12H14N2O3/c1-8(15)10-3-5-11(6-4-10)16-7-12-13-9(2)17-14-12/h3-6,8,15H,7H2,1-2H3. The lowest BCUT2D eigenvalue weighted by molar-refractivity contribution is 0.199. The molecule has 2 rings (SSSR count). The first-order chi connectivity index (χ1) is 8.15. The van der Waals surface area contributed by atoms with Gasteiger partial charge < -0.3 is 14.4 Å². The van der Waals surface area contributed by atoms with Gasteiger partial charge in [0.1, 0.15) is 5.75 Å². The van der Waals surface area contributed by atoms with E-state index in [0.29, 0.717) is 17.5 Å². The summed E-state index contributed by atoms with van der Waals surface area (Å²) in [6.07, 6.45) is -0.469. The molecule has 1 atom stereocenters. The molecule has 2 aromatic rings. The molecule has 17 heavy (non-hydrogen) atoms. The van der Waals surface area contributed by atoms with Crippen molar-refractivity contribution in [2.75, 3.05) is 0 Å². The van der Waals surface area contributed by atoms with Gasteiger partial charge >= 0.3 is 0 Å². The SMILES string of the molecule is Cc1nc(COc2ccc(C(C)O)cc2)no1. The van der Waals surface area contributed by atoms with Gasteiger partial charge in [-0.05, 0) is 24.6 Å². The highest BCUT2D eigenvalue weighted by atomic mass is 16.5. The average molecular weight is 234 g/mol. The molecule has 1 unspecified atom stereocenters. The molecule has 0 radical (unpaired) electrons. The molecule has 0 fully saturated rings. The number of benzene rings is 1. The van der Waals surface area contributed by atoms with Crippen LogP contribution in [0.2, 0.25) is 0 Å². The fourth-order valence-corrected chi connectivity index (χ4v) is 1.39. The summed E-state index contributed by atoms with van der Waals surface area (Å²) in [5, 5.41) is 13.1. The monoisotopic (exact) mass is 234 g/mol. The number of ether oxygens (including phenoxy) is 1. The highest BCUT2D eigenvalue weighted by Crippen LogP contribution is 2.17. The third-order valence-corrected chi connectivity index (χ3v) is 2.30. The fraction of sp³-hybridized carbons (Fsp3) is 0.333. The summed E-state index contributed by atoms with van der Waals surface area (Å²) in [7, 11) is 0. The van der Waals surface area contributed by atoms with Crippen molar-refractivity contribution in [3.8, 4) is 5.75 Å². The Kier molecular flexibility index (Phi) is 3.39. The van der Waals surface area contributed by atoms with Crippen molar-refractivity contribution in [2.24, 2.45) is 0 Å². The van der Waals surface area contributed by atoms with Crippen LogP contribution in [0.1, 0.15) is 30.3 Å². The fourth-order valence-electron chi connectivity index (χ4n) is 1.39. The zero-order valence-corrected chi connectivity index (χ0v) is 9.75. The lowest BCUT2D eigenvalue weighted by Gasteiger charge is -2.06. The van der Waals surface area contributed by atoms with E-state index in [2.05, 4.69) is 10.1 Å². The number of aromatic nitrogens is 2. The smallest absolute Gasteiger partial charge is 0.223 e. The lowest BCUT2D eigenvalue weighted by Crippen LogP contribution is -1.98. The van der Waals surface area contributed by atoms with Crippen molar-refractivity contribution in [1.82, 2.24) is 10.1 Å². The van der Waals surface area contributed by atoms with E-state index < -0.39 is 6.10 Å². The van der Waals surface area contributed by atoms with Crippen LogP contribution in [-0.2, 0) is 6.61 Å². The Hall–Kier alpha value is -1.88. The van der Waals surface area contributed by atoms with Crippen LogP contribution in [0.25, 0.3) is 0 Å². The maximum absolute atomic E-state index is 9.35. The van der Waals surface area contributed by atoms with Gasteiger partial charge in [0.25, 0.3) is 0 Å². The molecular formula is C12H14N2O3. The molecule has 0 bridgehead atoms. The van der Waals surface area contributed by atoms with Gasteiger partial charge in [-0.1, -0.05) is 17.3 Å². The van der Waals surface area contributed by atoms with Crippen LogP contribution < -0.4 is 4.74 Å². The molecule has 0 spiro atoms. The number of hydrogen-bond donors (Lipinski definition) is 1. The van der Waals surface area contributed by atoms with Crippen LogP contribution in [0, 0.1) is 6.92 Å². The van der Waals surface area contributed by atoms with Crippen LogP contribution in [0.3, 0.4) is 0 Å². The first-order valence-electron chi connectivity index (χ1n) is 5.35. The van der Waals surface area contributed by atoms with Crippen molar-refractivity contribution in [3.05, 3.63) is 41.5 Å². The Morgan fingerprint density at radius 1 is 1.35 bits per heavy atom. The van der Waals surface area contributed by atoms with E-state index >= 15 is 0 Å². The molecular weight excluding hydrogens is 220 g/mol. The van der Waals surface area contributed by atoms with E-state index in [4.69, 9.17) is 9.26 Å². The molecule has 90 valence electrons. The molecule has 1 heterocycles. The van der Waals surface area contributed by atoms with Gasteiger partial charge in [-0.3, -0.25) is 0 Å². The average Bonchev–Trinajstić information content (AvgIpc) is 2.73. The van der Waals surface area contributed by atoms with E-state index in [1.54, 1.807) is 26.0 Å². The normalized spacial score (nSPS) is 12.4. The van der Waals surface area contributed by atoms with Gasteiger partial charge in [-0.15, -0.1) is 0 Å². The predicted octanol–water partition coefficient (Wildman–Crippen LogP) is 2.01. The van der Waals surface area contributed by atoms with Gasteiger partial charge in [-0.25, -0.2) is 0 Å². The van der Waals surface area contributed by atoms with Gasteiger partial charge in [0.2, 0.25) is 11.7 Å². The minimum atomic E-state index is -0.469. The minimum absolute atomic E-state index is 0.269. The van der Waals surface area contributed by atoms with Gasteiger partial charge in [0, 0.05) is 6.92 Å².